The summed E-state index contributed by atoms with van der Waals surface area (Å²) >= 11 is 3.40. The molecule has 1 aromatic heterocycles. The lowest BCUT2D eigenvalue weighted by Crippen LogP contribution is -2.23. The largest absolute Gasteiger partial charge is 0.494 e. The van der Waals surface area contributed by atoms with Gasteiger partial charge in [-0.25, -0.2) is 0 Å². The van der Waals surface area contributed by atoms with Crippen LogP contribution in [0.1, 0.15) is 23.0 Å². The minimum Gasteiger partial charge on any atom is -0.494 e. The van der Waals surface area contributed by atoms with Crippen molar-refractivity contribution in [1.29, 1.82) is 0 Å². The lowest BCUT2D eigenvalue weighted by atomic mass is 10.1. The van der Waals surface area contributed by atoms with Gasteiger partial charge in [-0.2, -0.15) is 5.10 Å². The Bertz CT molecular complexity index is 859. The first-order chi connectivity index (χ1) is 12.2. The number of hydrogen-bond donors (Lipinski definition) is 2. The number of amides is 1. The molecular weight excluding hydrogens is 382 g/mol. The number of para-hydroxylation sites is 1. The van der Waals surface area contributed by atoms with E-state index in [1.807, 2.05) is 55.5 Å². The van der Waals surface area contributed by atoms with Gasteiger partial charge in [-0.15, -0.1) is 0 Å². The Hall–Kier alpha value is -2.60. The summed E-state index contributed by atoms with van der Waals surface area (Å²) in [5, 5.41) is 9.89. The molecule has 1 heterocycles. The summed E-state index contributed by atoms with van der Waals surface area (Å²) in [4.78, 5) is 12.4. The summed E-state index contributed by atoms with van der Waals surface area (Å²) in [6, 6.07) is 17.2. The van der Waals surface area contributed by atoms with Crippen LogP contribution in [-0.4, -0.2) is 22.7 Å². The average Bonchev–Trinajstić information content (AvgIpc) is 3.12. The van der Waals surface area contributed by atoms with Crippen molar-refractivity contribution in [1.82, 2.24) is 15.5 Å². The van der Waals surface area contributed by atoms with Crippen LogP contribution in [0, 0.1) is 0 Å². The van der Waals surface area contributed by atoms with E-state index < -0.39 is 0 Å². The van der Waals surface area contributed by atoms with Crippen LogP contribution < -0.4 is 10.1 Å². The van der Waals surface area contributed by atoms with Gasteiger partial charge < -0.3 is 10.1 Å². The first-order valence-electron chi connectivity index (χ1n) is 7.97. The van der Waals surface area contributed by atoms with Crippen molar-refractivity contribution in [3.05, 3.63) is 70.3 Å². The molecule has 0 saturated heterocycles. The van der Waals surface area contributed by atoms with Gasteiger partial charge in [0.25, 0.3) is 5.91 Å². The molecule has 0 bridgehead atoms. The van der Waals surface area contributed by atoms with Crippen molar-refractivity contribution in [3.8, 4) is 17.0 Å². The number of aromatic amines is 1. The SMILES string of the molecule is CCOc1ccccc1CNC(=O)c1cc(-c2ccc(Br)cc2)n[nH]1. The highest BCUT2D eigenvalue weighted by Crippen LogP contribution is 2.21. The lowest BCUT2D eigenvalue weighted by molar-refractivity contribution is 0.0945. The van der Waals surface area contributed by atoms with E-state index in [1.165, 1.54) is 0 Å². The molecule has 128 valence electrons. The Morgan fingerprint density at radius 2 is 1.96 bits per heavy atom. The van der Waals surface area contributed by atoms with Gasteiger partial charge in [0.2, 0.25) is 0 Å². The Morgan fingerprint density at radius 3 is 2.72 bits per heavy atom. The minimum absolute atomic E-state index is 0.206. The molecule has 5 nitrogen and oxygen atoms in total. The number of carbonyl (C=O) groups excluding carboxylic acids is 1. The number of hydrogen-bond acceptors (Lipinski definition) is 3. The van der Waals surface area contributed by atoms with Crippen molar-refractivity contribution in [2.75, 3.05) is 6.61 Å². The smallest absolute Gasteiger partial charge is 0.269 e. The van der Waals surface area contributed by atoms with E-state index in [9.17, 15) is 4.79 Å². The van der Waals surface area contributed by atoms with Gasteiger partial charge in [0.05, 0.1) is 12.3 Å². The summed E-state index contributed by atoms with van der Waals surface area (Å²) < 4.78 is 6.57. The van der Waals surface area contributed by atoms with E-state index in [0.29, 0.717) is 18.8 Å². The maximum absolute atomic E-state index is 12.4. The second-order valence-corrected chi connectivity index (χ2v) is 6.31. The van der Waals surface area contributed by atoms with E-state index in [-0.39, 0.29) is 5.91 Å². The predicted molar refractivity (Wildman–Crippen MR) is 101 cm³/mol. The molecule has 0 unspecified atom stereocenters. The summed E-state index contributed by atoms with van der Waals surface area (Å²) in [5.74, 6) is 0.577. The van der Waals surface area contributed by atoms with Crippen molar-refractivity contribution in [2.24, 2.45) is 0 Å². The highest BCUT2D eigenvalue weighted by Gasteiger charge is 2.12. The fraction of sp³-hybridized carbons (Fsp3) is 0.158. The molecule has 6 heteroatoms. The van der Waals surface area contributed by atoms with Crippen LogP contribution in [-0.2, 0) is 6.54 Å². The molecule has 25 heavy (non-hydrogen) atoms. The summed E-state index contributed by atoms with van der Waals surface area (Å²) in [7, 11) is 0. The number of rotatable bonds is 6. The highest BCUT2D eigenvalue weighted by molar-refractivity contribution is 9.10. The number of nitrogens with zero attached hydrogens (tertiary/aromatic N) is 1. The monoisotopic (exact) mass is 399 g/mol. The van der Waals surface area contributed by atoms with E-state index in [1.54, 1.807) is 6.07 Å². The van der Waals surface area contributed by atoms with Crippen molar-refractivity contribution in [2.45, 2.75) is 13.5 Å². The summed E-state index contributed by atoms with van der Waals surface area (Å²) in [6.45, 7) is 2.91. The van der Waals surface area contributed by atoms with Crippen LogP contribution in [0.2, 0.25) is 0 Å². The molecular formula is C19H18BrN3O2. The Balaban J connectivity index is 1.67. The van der Waals surface area contributed by atoms with Gasteiger partial charge in [-0.05, 0) is 31.2 Å². The number of ether oxygens (including phenoxy) is 1. The normalized spacial score (nSPS) is 10.5. The van der Waals surface area contributed by atoms with Gasteiger partial charge in [-0.3, -0.25) is 9.89 Å². The minimum atomic E-state index is -0.206. The molecule has 0 aliphatic heterocycles. The first kappa shape index (κ1) is 17.2. The van der Waals surface area contributed by atoms with Crippen molar-refractivity contribution in [3.63, 3.8) is 0 Å². The molecule has 0 spiro atoms. The third kappa shape index (κ3) is 4.28. The van der Waals surface area contributed by atoms with Gasteiger partial charge in [0, 0.05) is 22.1 Å². The zero-order chi connectivity index (χ0) is 17.6. The zero-order valence-electron chi connectivity index (χ0n) is 13.8. The number of H-pyrrole nitrogens is 1. The van der Waals surface area contributed by atoms with E-state index in [2.05, 4.69) is 31.4 Å². The van der Waals surface area contributed by atoms with Crippen LogP contribution in [0.3, 0.4) is 0 Å². The van der Waals surface area contributed by atoms with Crippen LogP contribution in [0.5, 0.6) is 5.75 Å². The predicted octanol–water partition coefficient (Wildman–Crippen LogP) is 4.17. The van der Waals surface area contributed by atoms with Crippen LogP contribution in [0.15, 0.2) is 59.1 Å². The van der Waals surface area contributed by atoms with E-state index in [0.717, 1.165) is 27.0 Å². The maximum atomic E-state index is 12.4. The summed E-state index contributed by atoms with van der Waals surface area (Å²) in [5.41, 5.74) is 3.03. The average molecular weight is 400 g/mol. The Morgan fingerprint density at radius 1 is 1.20 bits per heavy atom. The third-order valence-electron chi connectivity index (χ3n) is 3.67. The molecule has 3 aromatic rings. The second-order valence-electron chi connectivity index (χ2n) is 5.40. The van der Waals surface area contributed by atoms with Crippen molar-refractivity contribution >= 4 is 21.8 Å². The molecule has 0 fully saturated rings. The number of carbonyl (C=O) groups is 1. The number of nitrogens with one attached hydrogen (secondary N) is 2. The quantitative estimate of drug-likeness (QED) is 0.653. The van der Waals surface area contributed by atoms with Crippen LogP contribution >= 0.6 is 15.9 Å². The molecule has 2 aromatic carbocycles. The molecule has 0 atom stereocenters. The van der Waals surface area contributed by atoms with Crippen LogP contribution in [0.4, 0.5) is 0 Å². The van der Waals surface area contributed by atoms with Gasteiger partial charge in [-0.1, -0.05) is 46.3 Å². The highest BCUT2D eigenvalue weighted by atomic mass is 79.9. The lowest BCUT2D eigenvalue weighted by Gasteiger charge is -2.10. The topological polar surface area (TPSA) is 67.0 Å². The van der Waals surface area contributed by atoms with E-state index in [4.69, 9.17) is 4.74 Å². The Labute approximate surface area is 154 Å². The second kappa shape index (κ2) is 7.98. The standard InChI is InChI=1S/C19H18BrN3O2/c1-2-25-18-6-4-3-5-14(18)12-21-19(24)17-11-16(22-23-17)13-7-9-15(20)10-8-13/h3-11H,2,12H2,1H3,(H,21,24)(H,22,23). The molecule has 3 rings (SSSR count). The van der Waals surface area contributed by atoms with Gasteiger partial charge in [0.1, 0.15) is 11.4 Å². The maximum Gasteiger partial charge on any atom is 0.269 e. The fourth-order valence-electron chi connectivity index (χ4n) is 2.42. The first-order valence-corrected chi connectivity index (χ1v) is 8.77. The number of halogens is 1. The van der Waals surface area contributed by atoms with E-state index >= 15 is 0 Å². The molecule has 2 N–H and O–H groups in total. The number of aromatic nitrogens is 2. The van der Waals surface area contributed by atoms with Crippen molar-refractivity contribution < 1.29 is 9.53 Å². The third-order valence-corrected chi connectivity index (χ3v) is 4.20. The number of benzene rings is 2. The zero-order valence-corrected chi connectivity index (χ0v) is 15.3. The molecule has 1 amide bonds. The summed E-state index contributed by atoms with van der Waals surface area (Å²) in [6.07, 6.45) is 0. The van der Waals surface area contributed by atoms with Gasteiger partial charge >= 0.3 is 0 Å². The fourth-order valence-corrected chi connectivity index (χ4v) is 2.69. The van der Waals surface area contributed by atoms with Crippen LogP contribution in [0.25, 0.3) is 11.3 Å². The molecule has 0 radical (unpaired) electrons. The molecule has 0 saturated carbocycles. The molecule has 0 aliphatic carbocycles. The molecule has 0 aliphatic rings. The van der Waals surface area contributed by atoms with Gasteiger partial charge in [0.15, 0.2) is 0 Å². The Kier molecular flexibility index (Phi) is 5.50.